The second-order valence-electron chi connectivity index (χ2n) is 7.10. The molecule has 154 valence electrons. The van der Waals surface area contributed by atoms with Crippen LogP contribution in [-0.2, 0) is 14.3 Å². The van der Waals surface area contributed by atoms with Crippen LogP contribution in [0.1, 0.15) is 6.92 Å². The number of ether oxygens (including phenoxy) is 1. The molecule has 0 saturated carbocycles. The molecule has 3 aromatic carbocycles. The van der Waals surface area contributed by atoms with Gasteiger partial charge in [0, 0.05) is 12.2 Å². The fourth-order valence-electron chi connectivity index (χ4n) is 3.95. The van der Waals surface area contributed by atoms with Crippen molar-refractivity contribution in [2.45, 2.75) is 6.92 Å². The fourth-order valence-corrected chi connectivity index (χ4v) is 8.38. The van der Waals surface area contributed by atoms with Gasteiger partial charge in [-0.2, -0.15) is 0 Å². The molecule has 0 radical (unpaired) electrons. The van der Waals surface area contributed by atoms with Crippen LogP contribution in [0.4, 0.5) is 0 Å². The van der Waals surface area contributed by atoms with Crippen molar-refractivity contribution in [3.63, 3.8) is 0 Å². The first-order valence-electron chi connectivity index (χ1n) is 9.92. The molecule has 4 rings (SSSR count). The van der Waals surface area contributed by atoms with Gasteiger partial charge in [-0.15, -0.1) is 0 Å². The molecule has 0 unspecified atom stereocenters. The van der Waals surface area contributed by atoms with Crippen molar-refractivity contribution in [1.82, 2.24) is 0 Å². The van der Waals surface area contributed by atoms with E-state index in [2.05, 4.69) is 41.4 Å². The van der Waals surface area contributed by atoms with Gasteiger partial charge in [-0.3, -0.25) is 4.79 Å². The summed E-state index contributed by atoms with van der Waals surface area (Å²) in [7, 11) is 1.32. The third-order valence-corrected chi connectivity index (χ3v) is 9.55. The Kier molecular flexibility index (Phi) is 5.83. The minimum Gasteiger partial charge on any atom is -0.464 e. The van der Waals surface area contributed by atoms with Crippen molar-refractivity contribution in [1.29, 1.82) is 0 Å². The molecule has 4 nitrogen and oxygen atoms in total. The molecule has 3 aromatic rings. The highest BCUT2D eigenvalue weighted by molar-refractivity contribution is 7.97. The number of carbonyl (C=O) groups excluding carboxylic acids is 2. The van der Waals surface area contributed by atoms with Crippen molar-refractivity contribution >= 4 is 45.6 Å². The largest absolute Gasteiger partial charge is 0.464 e. The molecule has 0 bridgehead atoms. The first-order valence-corrected chi connectivity index (χ1v) is 11.7. The van der Waals surface area contributed by atoms with E-state index in [1.165, 1.54) is 14.0 Å². The molecule has 0 fully saturated rings. The number of benzene rings is 3. The number of ketones is 1. The monoisotopic (exact) mass is 427 g/mol. The Morgan fingerprint density at radius 3 is 1.52 bits per heavy atom. The van der Waals surface area contributed by atoms with Gasteiger partial charge < -0.3 is 4.74 Å². The van der Waals surface area contributed by atoms with Gasteiger partial charge in [-0.1, -0.05) is 91.0 Å². The van der Waals surface area contributed by atoms with Gasteiger partial charge in [0.15, 0.2) is 5.78 Å². The van der Waals surface area contributed by atoms with Crippen LogP contribution in [0.2, 0.25) is 0 Å². The number of aliphatic imine (C=N–C) groups is 1. The summed E-state index contributed by atoms with van der Waals surface area (Å²) in [5.41, 5.74) is 0.458. The van der Waals surface area contributed by atoms with Crippen molar-refractivity contribution in [2.24, 2.45) is 4.99 Å². The molecular formula is C26H22NO3P. The van der Waals surface area contributed by atoms with Gasteiger partial charge in [0.05, 0.1) is 7.11 Å². The topological polar surface area (TPSA) is 55.7 Å². The Balaban J connectivity index is 2.26. The molecule has 0 atom stereocenters. The number of carbonyl (C=O) groups is 2. The first kappa shape index (κ1) is 20.8. The van der Waals surface area contributed by atoms with Crippen LogP contribution in [0.5, 0.6) is 0 Å². The van der Waals surface area contributed by atoms with Crippen molar-refractivity contribution in [3.05, 3.63) is 103 Å². The Morgan fingerprint density at radius 1 is 0.742 bits per heavy atom. The van der Waals surface area contributed by atoms with E-state index < -0.39 is 12.9 Å². The highest BCUT2D eigenvalue weighted by atomic mass is 31.2. The summed E-state index contributed by atoms with van der Waals surface area (Å²) in [5.74, 6) is -0.738. The molecule has 0 spiro atoms. The molecule has 1 aliphatic heterocycles. The summed E-state index contributed by atoms with van der Waals surface area (Å²) in [4.78, 5) is 29.5. The molecule has 0 aliphatic carbocycles. The number of methoxy groups -OCH3 is 1. The smallest absolute Gasteiger partial charge is 0.356 e. The molecule has 0 N–H and O–H groups in total. The summed E-state index contributed by atoms with van der Waals surface area (Å²) in [6, 6.07) is 30.4. The van der Waals surface area contributed by atoms with Crippen LogP contribution < -0.4 is 15.9 Å². The summed E-state index contributed by atoms with van der Waals surface area (Å²) >= 11 is 0. The SMILES string of the molecule is COC(=O)C1=CC(=P(c2ccccc2)(c2ccccc2)c2ccccc2)C(C(C)=O)=N1. The molecule has 1 heterocycles. The number of allylic oxidation sites excluding steroid dienone is 1. The van der Waals surface area contributed by atoms with Crippen LogP contribution in [0.15, 0.2) is 108 Å². The highest BCUT2D eigenvalue weighted by Gasteiger charge is 2.35. The molecule has 31 heavy (non-hydrogen) atoms. The average Bonchev–Trinajstić information content (AvgIpc) is 3.27. The molecule has 1 aliphatic rings. The number of rotatable bonds is 5. The number of nitrogens with zero attached hydrogens (tertiary/aromatic N) is 1. The predicted molar refractivity (Wildman–Crippen MR) is 128 cm³/mol. The lowest BCUT2D eigenvalue weighted by atomic mass is 10.2. The minimum absolute atomic E-state index is 0.148. The maximum absolute atomic E-state index is 12.7. The van der Waals surface area contributed by atoms with E-state index in [0.717, 1.165) is 21.2 Å². The van der Waals surface area contributed by atoms with Crippen LogP contribution in [-0.4, -0.2) is 29.9 Å². The minimum atomic E-state index is -2.52. The van der Waals surface area contributed by atoms with Gasteiger partial charge in [0.2, 0.25) is 0 Å². The van der Waals surface area contributed by atoms with E-state index >= 15 is 0 Å². The zero-order valence-electron chi connectivity index (χ0n) is 17.4. The lowest BCUT2D eigenvalue weighted by Crippen LogP contribution is -2.33. The molecule has 5 heteroatoms. The van der Waals surface area contributed by atoms with Gasteiger partial charge in [0.25, 0.3) is 0 Å². The Bertz CT molecular complexity index is 1140. The third kappa shape index (κ3) is 3.60. The summed E-state index contributed by atoms with van der Waals surface area (Å²) < 4.78 is 4.91. The van der Waals surface area contributed by atoms with Gasteiger partial charge in [-0.25, -0.2) is 9.79 Å². The second-order valence-corrected chi connectivity index (χ2v) is 10.5. The van der Waals surface area contributed by atoms with E-state index in [-0.39, 0.29) is 11.5 Å². The molecule has 0 saturated heterocycles. The molecular weight excluding hydrogens is 405 g/mol. The third-order valence-electron chi connectivity index (χ3n) is 5.27. The van der Waals surface area contributed by atoms with E-state index in [9.17, 15) is 9.59 Å². The maximum Gasteiger partial charge on any atom is 0.356 e. The number of hydrogen-bond acceptors (Lipinski definition) is 4. The van der Waals surface area contributed by atoms with Crippen molar-refractivity contribution < 1.29 is 14.3 Å². The van der Waals surface area contributed by atoms with E-state index in [1.807, 2.05) is 54.6 Å². The Labute approximate surface area is 181 Å². The Morgan fingerprint density at radius 2 is 1.16 bits per heavy atom. The quantitative estimate of drug-likeness (QED) is 0.464. The molecule has 0 amide bonds. The first-order chi connectivity index (χ1) is 15.1. The van der Waals surface area contributed by atoms with Gasteiger partial charge in [0.1, 0.15) is 11.4 Å². The average molecular weight is 427 g/mol. The van der Waals surface area contributed by atoms with Crippen LogP contribution in [0, 0.1) is 0 Å². The second kappa shape index (κ2) is 8.71. The fraction of sp³-hybridized carbons (Fsp3) is 0.0769. The zero-order valence-corrected chi connectivity index (χ0v) is 18.3. The van der Waals surface area contributed by atoms with E-state index in [4.69, 9.17) is 4.74 Å². The summed E-state index contributed by atoms with van der Waals surface area (Å²) in [6.45, 7) is -1.03. The predicted octanol–water partition coefficient (Wildman–Crippen LogP) is 3.25. The number of hydrogen-bond donors (Lipinski definition) is 0. The van der Waals surface area contributed by atoms with E-state index in [1.54, 1.807) is 6.08 Å². The van der Waals surface area contributed by atoms with E-state index in [0.29, 0.717) is 5.71 Å². The van der Waals surface area contributed by atoms with Crippen molar-refractivity contribution in [2.75, 3.05) is 7.11 Å². The normalized spacial score (nSPS) is 13.4. The lowest BCUT2D eigenvalue weighted by Gasteiger charge is -2.31. The van der Waals surface area contributed by atoms with Gasteiger partial charge >= 0.3 is 5.97 Å². The summed E-state index contributed by atoms with van der Waals surface area (Å²) in [5, 5.41) is 4.01. The van der Waals surface area contributed by atoms with Crippen LogP contribution in [0.25, 0.3) is 0 Å². The van der Waals surface area contributed by atoms with Crippen LogP contribution >= 0.6 is 6.89 Å². The lowest BCUT2D eigenvalue weighted by molar-refractivity contribution is -0.136. The Hall–Kier alpha value is -3.49. The van der Waals surface area contributed by atoms with Crippen molar-refractivity contribution in [3.8, 4) is 0 Å². The summed E-state index contributed by atoms with van der Waals surface area (Å²) in [6.07, 6.45) is 1.74. The standard InChI is InChI=1S/C26H22NO3P/c1-19(28)25-24(18-23(27-25)26(29)30-2)31(20-12-6-3-7-13-20,21-14-8-4-9-15-21)22-16-10-5-11-17-22/h3-18H,1-2H3. The number of esters is 1. The highest BCUT2D eigenvalue weighted by Crippen LogP contribution is 2.48. The number of Topliss-reactive ketones (excluding diaryl/α,β-unsaturated/α-hetero) is 1. The maximum atomic E-state index is 12.7. The molecule has 0 aromatic heterocycles. The van der Waals surface area contributed by atoms with Crippen LogP contribution in [0.3, 0.4) is 0 Å². The zero-order chi connectivity index (χ0) is 21.8. The van der Waals surface area contributed by atoms with Gasteiger partial charge in [-0.05, 0) is 28.9 Å².